The number of nitrogens with one attached hydrogen (secondary N) is 1. The number of carbonyl (C=O) groups is 1. The lowest BCUT2D eigenvalue weighted by molar-refractivity contribution is -0.119. The lowest BCUT2D eigenvalue weighted by Gasteiger charge is -2.37. The lowest BCUT2D eigenvalue weighted by atomic mass is 9.68. The molecular formula is C11H19NO2. The van der Waals surface area contributed by atoms with Crippen molar-refractivity contribution in [3.63, 3.8) is 0 Å². The van der Waals surface area contributed by atoms with Gasteiger partial charge < -0.3 is 10.4 Å². The average Bonchev–Trinajstić information content (AvgIpc) is 2.45. The number of carbonyl (C=O) groups excluding carboxylic acids is 1. The molecule has 1 spiro atoms. The second kappa shape index (κ2) is 3.89. The Morgan fingerprint density at radius 3 is 2.71 bits per heavy atom. The summed E-state index contributed by atoms with van der Waals surface area (Å²) in [5.41, 5.74) is 0.193. The molecule has 1 heterocycles. The second-order valence-electron chi connectivity index (χ2n) is 4.73. The maximum absolute atomic E-state index is 11.4. The van der Waals surface area contributed by atoms with Gasteiger partial charge in [0.25, 0.3) is 0 Å². The van der Waals surface area contributed by atoms with Gasteiger partial charge in [-0.1, -0.05) is 19.3 Å². The summed E-state index contributed by atoms with van der Waals surface area (Å²) in [4.78, 5) is 11.4. The number of rotatable bonds is 2. The molecule has 3 heteroatoms. The fraction of sp³-hybridized carbons (Fsp3) is 0.909. The zero-order valence-electron chi connectivity index (χ0n) is 8.59. The van der Waals surface area contributed by atoms with Gasteiger partial charge in [-0.15, -0.1) is 0 Å². The lowest BCUT2D eigenvalue weighted by Crippen LogP contribution is -2.39. The molecule has 1 saturated carbocycles. The summed E-state index contributed by atoms with van der Waals surface area (Å²) in [5.74, 6) is 0.186. The smallest absolute Gasteiger partial charge is 0.220 e. The minimum Gasteiger partial charge on any atom is -0.396 e. The summed E-state index contributed by atoms with van der Waals surface area (Å²) in [7, 11) is 0. The van der Waals surface area contributed by atoms with Crippen molar-refractivity contribution in [3.05, 3.63) is 0 Å². The molecule has 0 bridgehead atoms. The molecule has 1 saturated heterocycles. The average molecular weight is 197 g/mol. The summed E-state index contributed by atoms with van der Waals surface area (Å²) < 4.78 is 0. The van der Waals surface area contributed by atoms with E-state index in [0.717, 1.165) is 19.3 Å². The van der Waals surface area contributed by atoms with Crippen LogP contribution in [0.15, 0.2) is 0 Å². The Kier molecular flexibility index (Phi) is 2.77. The van der Waals surface area contributed by atoms with E-state index in [-0.39, 0.29) is 24.0 Å². The minimum atomic E-state index is 0.186. The molecule has 1 atom stereocenters. The molecule has 1 aliphatic carbocycles. The largest absolute Gasteiger partial charge is 0.396 e. The highest BCUT2D eigenvalue weighted by Crippen LogP contribution is 2.46. The van der Waals surface area contributed by atoms with E-state index in [1.165, 1.54) is 19.3 Å². The van der Waals surface area contributed by atoms with Gasteiger partial charge in [0, 0.05) is 19.1 Å². The zero-order valence-corrected chi connectivity index (χ0v) is 8.59. The highest BCUT2D eigenvalue weighted by Gasteiger charge is 2.46. The number of aliphatic hydroxyl groups excluding tert-OH is 1. The first-order valence-electron chi connectivity index (χ1n) is 5.67. The Morgan fingerprint density at radius 1 is 1.36 bits per heavy atom. The molecule has 2 fully saturated rings. The molecule has 0 radical (unpaired) electrons. The Bertz CT molecular complexity index is 221. The van der Waals surface area contributed by atoms with E-state index in [1.807, 2.05) is 0 Å². The second-order valence-corrected chi connectivity index (χ2v) is 4.73. The molecule has 1 unspecified atom stereocenters. The van der Waals surface area contributed by atoms with Crippen molar-refractivity contribution in [1.82, 2.24) is 5.32 Å². The molecule has 1 aliphatic heterocycles. The van der Waals surface area contributed by atoms with Gasteiger partial charge in [-0.3, -0.25) is 4.79 Å². The predicted octanol–water partition coefficient (Wildman–Crippen LogP) is 1.21. The molecule has 0 aromatic heterocycles. The van der Waals surface area contributed by atoms with E-state index in [0.29, 0.717) is 6.42 Å². The van der Waals surface area contributed by atoms with Crippen LogP contribution in [0.1, 0.15) is 44.9 Å². The number of hydrogen-bond acceptors (Lipinski definition) is 2. The summed E-state index contributed by atoms with van der Waals surface area (Å²) in [6.45, 7) is 0.187. The van der Waals surface area contributed by atoms with Crippen molar-refractivity contribution in [2.24, 2.45) is 5.41 Å². The third-order valence-corrected chi connectivity index (χ3v) is 3.85. The Hall–Kier alpha value is -0.570. The standard InChI is InChI=1S/C11H19NO2/c13-7-4-9-11(8-10(14)12-9)5-2-1-3-6-11/h9,13H,1-8H2,(H,12,14). The van der Waals surface area contributed by atoms with Crippen LogP contribution in [0, 0.1) is 5.41 Å². The fourth-order valence-corrected chi connectivity index (χ4v) is 3.13. The Labute approximate surface area is 84.9 Å². The number of hydrogen-bond donors (Lipinski definition) is 2. The monoisotopic (exact) mass is 197 g/mol. The van der Waals surface area contributed by atoms with Crippen LogP contribution in [0.5, 0.6) is 0 Å². The van der Waals surface area contributed by atoms with Crippen LogP contribution < -0.4 is 5.32 Å². The molecule has 0 aromatic carbocycles. The maximum atomic E-state index is 11.4. The van der Waals surface area contributed by atoms with Crippen molar-refractivity contribution in [2.45, 2.75) is 51.0 Å². The molecule has 14 heavy (non-hydrogen) atoms. The first kappa shape index (κ1) is 9.97. The van der Waals surface area contributed by atoms with Crippen LogP contribution in [0.2, 0.25) is 0 Å². The summed E-state index contributed by atoms with van der Waals surface area (Å²) in [6.07, 6.45) is 7.55. The minimum absolute atomic E-state index is 0.186. The third-order valence-electron chi connectivity index (χ3n) is 3.85. The van der Waals surface area contributed by atoms with Crippen LogP contribution >= 0.6 is 0 Å². The SMILES string of the molecule is O=C1CC2(CCCCC2)C(CCO)N1. The van der Waals surface area contributed by atoms with Gasteiger partial charge in [-0.25, -0.2) is 0 Å². The van der Waals surface area contributed by atoms with Gasteiger partial charge >= 0.3 is 0 Å². The summed E-state index contributed by atoms with van der Waals surface area (Å²) in [6, 6.07) is 0.236. The van der Waals surface area contributed by atoms with E-state index in [9.17, 15) is 4.79 Å². The van der Waals surface area contributed by atoms with Gasteiger partial charge in [0.15, 0.2) is 0 Å². The Balaban J connectivity index is 2.09. The van der Waals surface area contributed by atoms with E-state index < -0.39 is 0 Å². The highest BCUT2D eigenvalue weighted by atomic mass is 16.3. The normalized spacial score (nSPS) is 30.6. The van der Waals surface area contributed by atoms with Crippen LogP contribution in [0.4, 0.5) is 0 Å². The van der Waals surface area contributed by atoms with Crippen LogP contribution in [0.25, 0.3) is 0 Å². The van der Waals surface area contributed by atoms with Crippen molar-refractivity contribution >= 4 is 5.91 Å². The first-order chi connectivity index (χ1) is 6.77. The number of aliphatic hydroxyl groups is 1. The molecule has 2 N–H and O–H groups in total. The third kappa shape index (κ3) is 1.65. The maximum Gasteiger partial charge on any atom is 0.220 e. The topological polar surface area (TPSA) is 49.3 Å². The summed E-state index contributed by atoms with van der Waals surface area (Å²) in [5, 5.41) is 12.0. The molecule has 2 rings (SSSR count). The van der Waals surface area contributed by atoms with E-state index in [1.54, 1.807) is 0 Å². The van der Waals surface area contributed by atoms with Gasteiger partial charge in [0.2, 0.25) is 5.91 Å². The summed E-state index contributed by atoms with van der Waals surface area (Å²) >= 11 is 0. The molecule has 80 valence electrons. The van der Waals surface area contributed by atoms with Crippen molar-refractivity contribution in [2.75, 3.05) is 6.61 Å². The number of amides is 1. The van der Waals surface area contributed by atoms with Crippen LogP contribution in [0.3, 0.4) is 0 Å². The van der Waals surface area contributed by atoms with E-state index in [4.69, 9.17) is 5.11 Å². The molecule has 1 amide bonds. The van der Waals surface area contributed by atoms with Crippen molar-refractivity contribution in [3.8, 4) is 0 Å². The predicted molar refractivity (Wildman–Crippen MR) is 53.8 cm³/mol. The van der Waals surface area contributed by atoms with Gasteiger partial charge in [-0.05, 0) is 24.7 Å². The fourth-order valence-electron chi connectivity index (χ4n) is 3.13. The van der Waals surface area contributed by atoms with Crippen molar-refractivity contribution < 1.29 is 9.90 Å². The quantitative estimate of drug-likeness (QED) is 0.699. The first-order valence-corrected chi connectivity index (χ1v) is 5.67. The highest BCUT2D eigenvalue weighted by molar-refractivity contribution is 5.80. The van der Waals surface area contributed by atoms with Gasteiger partial charge in [0.1, 0.15) is 0 Å². The molecule has 3 nitrogen and oxygen atoms in total. The van der Waals surface area contributed by atoms with E-state index >= 15 is 0 Å². The molecular weight excluding hydrogens is 178 g/mol. The van der Waals surface area contributed by atoms with Crippen LogP contribution in [-0.4, -0.2) is 23.7 Å². The van der Waals surface area contributed by atoms with Crippen LogP contribution in [-0.2, 0) is 4.79 Å². The zero-order chi connectivity index (χ0) is 10.0. The van der Waals surface area contributed by atoms with Gasteiger partial charge in [-0.2, -0.15) is 0 Å². The Morgan fingerprint density at radius 2 is 2.07 bits per heavy atom. The van der Waals surface area contributed by atoms with Gasteiger partial charge in [0.05, 0.1) is 0 Å². The van der Waals surface area contributed by atoms with Crippen molar-refractivity contribution in [1.29, 1.82) is 0 Å². The molecule has 2 aliphatic rings. The molecule has 0 aromatic rings. The van der Waals surface area contributed by atoms with E-state index in [2.05, 4.69) is 5.32 Å².